The highest BCUT2D eigenvalue weighted by molar-refractivity contribution is 5.96. The van der Waals surface area contributed by atoms with E-state index in [4.69, 9.17) is 9.72 Å². The molecule has 9 nitrogen and oxygen atoms in total. The van der Waals surface area contributed by atoms with Crippen molar-refractivity contribution in [2.75, 3.05) is 36.9 Å². The first-order valence-electron chi connectivity index (χ1n) is 11.5. The number of H-pyrrole nitrogens is 1. The summed E-state index contributed by atoms with van der Waals surface area (Å²) in [4.78, 5) is 38.6. The van der Waals surface area contributed by atoms with Crippen molar-refractivity contribution < 1.29 is 14.3 Å². The van der Waals surface area contributed by atoms with Gasteiger partial charge in [-0.25, -0.2) is 9.97 Å². The van der Waals surface area contributed by atoms with Crippen molar-refractivity contribution in [2.45, 2.75) is 13.8 Å². The van der Waals surface area contributed by atoms with E-state index in [0.29, 0.717) is 43.2 Å². The topological polar surface area (TPSA) is 112 Å². The molecule has 178 valence electrons. The van der Waals surface area contributed by atoms with E-state index in [0.717, 1.165) is 33.7 Å². The van der Waals surface area contributed by atoms with Gasteiger partial charge in [0.05, 0.1) is 30.8 Å². The fraction of sp³-hybridized carbons (Fsp3) is 0.231. The van der Waals surface area contributed by atoms with Gasteiger partial charge in [-0.3, -0.25) is 9.59 Å². The highest BCUT2D eigenvalue weighted by Gasteiger charge is 2.19. The standard InChI is InChI=1S/C26H26N6O3/c1-16-20(4-3-5-21(16)29-17(2)33)22-14-23-24(28-15-27-23)25(31-22)30-19-8-6-18(7-9-19)26(34)32-10-12-35-13-11-32/h3-9,14-15H,10-13H2,1-2H3,(H,27,28)(H,29,33)(H,30,31). The van der Waals surface area contributed by atoms with Crippen LogP contribution < -0.4 is 10.6 Å². The molecule has 0 radical (unpaired) electrons. The number of pyridine rings is 1. The fourth-order valence-corrected chi connectivity index (χ4v) is 4.19. The molecule has 35 heavy (non-hydrogen) atoms. The number of hydrogen-bond acceptors (Lipinski definition) is 6. The van der Waals surface area contributed by atoms with Crippen molar-refractivity contribution in [1.29, 1.82) is 0 Å². The molecular weight excluding hydrogens is 444 g/mol. The molecule has 1 saturated heterocycles. The Hall–Kier alpha value is -4.24. The molecule has 2 amide bonds. The number of hydrogen-bond donors (Lipinski definition) is 3. The Balaban J connectivity index is 1.44. The largest absolute Gasteiger partial charge is 0.378 e. The van der Waals surface area contributed by atoms with Crippen molar-refractivity contribution in [3.8, 4) is 11.3 Å². The first kappa shape index (κ1) is 22.5. The molecule has 0 spiro atoms. The minimum Gasteiger partial charge on any atom is -0.378 e. The number of aromatic amines is 1. The van der Waals surface area contributed by atoms with Crippen molar-refractivity contribution >= 4 is 40.0 Å². The summed E-state index contributed by atoms with van der Waals surface area (Å²) in [5.41, 5.74) is 6.28. The van der Waals surface area contributed by atoms with Gasteiger partial charge in [-0.1, -0.05) is 12.1 Å². The Bertz CT molecular complexity index is 1390. The first-order valence-corrected chi connectivity index (χ1v) is 11.5. The van der Waals surface area contributed by atoms with Gasteiger partial charge in [-0.15, -0.1) is 0 Å². The lowest BCUT2D eigenvalue weighted by molar-refractivity contribution is -0.114. The van der Waals surface area contributed by atoms with Crippen LogP contribution in [-0.2, 0) is 9.53 Å². The van der Waals surface area contributed by atoms with Gasteiger partial charge in [0.15, 0.2) is 5.82 Å². The zero-order valence-corrected chi connectivity index (χ0v) is 19.6. The number of aromatic nitrogens is 3. The third-order valence-corrected chi connectivity index (χ3v) is 6.02. The van der Waals surface area contributed by atoms with E-state index in [1.54, 1.807) is 6.33 Å². The average Bonchev–Trinajstić information content (AvgIpc) is 3.35. The summed E-state index contributed by atoms with van der Waals surface area (Å²) in [6.07, 6.45) is 1.63. The van der Waals surface area contributed by atoms with Crippen LogP contribution in [0.25, 0.3) is 22.3 Å². The smallest absolute Gasteiger partial charge is 0.254 e. The van der Waals surface area contributed by atoms with E-state index in [1.807, 2.05) is 60.4 Å². The zero-order valence-electron chi connectivity index (χ0n) is 19.6. The molecule has 0 unspecified atom stereocenters. The monoisotopic (exact) mass is 470 g/mol. The summed E-state index contributed by atoms with van der Waals surface area (Å²) in [7, 11) is 0. The lowest BCUT2D eigenvalue weighted by Gasteiger charge is -2.26. The highest BCUT2D eigenvalue weighted by Crippen LogP contribution is 2.32. The second-order valence-corrected chi connectivity index (χ2v) is 8.42. The Morgan fingerprint density at radius 2 is 1.86 bits per heavy atom. The van der Waals surface area contributed by atoms with Crippen LogP contribution in [0.2, 0.25) is 0 Å². The van der Waals surface area contributed by atoms with Crippen molar-refractivity contribution in [3.05, 3.63) is 66.0 Å². The van der Waals surface area contributed by atoms with E-state index < -0.39 is 0 Å². The Kier molecular flexibility index (Phi) is 6.15. The Morgan fingerprint density at radius 1 is 1.09 bits per heavy atom. The molecule has 0 saturated carbocycles. The maximum atomic E-state index is 12.7. The van der Waals surface area contributed by atoms with Crippen LogP contribution in [0.5, 0.6) is 0 Å². The molecule has 3 N–H and O–H groups in total. The van der Waals surface area contributed by atoms with Gasteiger partial charge >= 0.3 is 0 Å². The zero-order chi connectivity index (χ0) is 24.4. The minimum absolute atomic E-state index is 0.00388. The molecule has 1 aliphatic heterocycles. The summed E-state index contributed by atoms with van der Waals surface area (Å²) >= 11 is 0. The lowest BCUT2D eigenvalue weighted by atomic mass is 10.0. The van der Waals surface area contributed by atoms with Gasteiger partial charge in [0.2, 0.25) is 5.91 Å². The molecule has 1 fully saturated rings. The molecule has 1 aliphatic rings. The molecule has 0 atom stereocenters. The maximum Gasteiger partial charge on any atom is 0.254 e. The number of imidazole rings is 1. The molecule has 0 bridgehead atoms. The summed E-state index contributed by atoms with van der Waals surface area (Å²) in [5, 5.41) is 6.21. The van der Waals surface area contributed by atoms with Crippen LogP contribution in [0.4, 0.5) is 17.2 Å². The summed E-state index contributed by atoms with van der Waals surface area (Å²) < 4.78 is 5.33. The normalized spacial score (nSPS) is 13.6. The van der Waals surface area contributed by atoms with E-state index in [9.17, 15) is 9.59 Å². The number of ether oxygens (including phenoxy) is 1. The maximum absolute atomic E-state index is 12.7. The van der Waals surface area contributed by atoms with E-state index in [2.05, 4.69) is 20.6 Å². The lowest BCUT2D eigenvalue weighted by Crippen LogP contribution is -2.40. The average molecular weight is 471 g/mol. The number of anilines is 3. The predicted molar refractivity (Wildman–Crippen MR) is 135 cm³/mol. The number of carbonyl (C=O) groups excluding carboxylic acids is 2. The van der Waals surface area contributed by atoms with Gasteiger partial charge in [0.25, 0.3) is 5.91 Å². The summed E-state index contributed by atoms with van der Waals surface area (Å²) in [5.74, 6) is 0.472. The molecular formula is C26H26N6O3. The molecule has 4 aromatic rings. The predicted octanol–water partition coefficient (Wildman–Crippen LogP) is 4.11. The number of benzene rings is 2. The van der Waals surface area contributed by atoms with Crippen LogP contribution in [-0.4, -0.2) is 58.0 Å². The molecule has 3 heterocycles. The van der Waals surface area contributed by atoms with Crippen molar-refractivity contribution in [1.82, 2.24) is 19.9 Å². The van der Waals surface area contributed by atoms with Gasteiger partial charge in [-0.05, 0) is 48.9 Å². The number of rotatable bonds is 5. The summed E-state index contributed by atoms with van der Waals surface area (Å²) in [6.45, 7) is 5.80. The van der Waals surface area contributed by atoms with Crippen LogP contribution in [0.3, 0.4) is 0 Å². The van der Waals surface area contributed by atoms with Gasteiger partial charge in [0, 0.05) is 42.5 Å². The molecule has 9 heteroatoms. The first-order chi connectivity index (χ1) is 17.0. The Labute approximate surface area is 202 Å². The molecule has 0 aliphatic carbocycles. The van der Waals surface area contributed by atoms with Crippen LogP contribution in [0, 0.1) is 6.92 Å². The van der Waals surface area contributed by atoms with E-state index in [1.165, 1.54) is 6.92 Å². The number of carbonyl (C=O) groups is 2. The van der Waals surface area contributed by atoms with Crippen LogP contribution in [0.1, 0.15) is 22.8 Å². The van der Waals surface area contributed by atoms with Gasteiger partial charge < -0.3 is 25.3 Å². The van der Waals surface area contributed by atoms with Gasteiger partial charge in [0.1, 0.15) is 5.52 Å². The fourth-order valence-electron chi connectivity index (χ4n) is 4.19. The minimum atomic E-state index is -0.125. The van der Waals surface area contributed by atoms with Crippen LogP contribution >= 0.6 is 0 Å². The third-order valence-electron chi connectivity index (χ3n) is 6.02. The molecule has 2 aromatic carbocycles. The van der Waals surface area contributed by atoms with Gasteiger partial charge in [-0.2, -0.15) is 0 Å². The molecule has 2 aromatic heterocycles. The summed E-state index contributed by atoms with van der Waals surface area (Å²) in [6, 6.07) is 15.0. The highest BCUT2D eigenvalue weighted by atomic mass is 16.5. The van der Waals surface area contributed by atoms with Crippen LogP contribution in [0.15, 0.2) is 54.9 Å². The number of morpholine rings is 1. The number of nitrogens with one attached hydrogen (secondary N) is 3. The SMILES string of the molecule is CC(=O)Nc1cccc(-c2cc3[nH]cnc3c(Nc3ccc(C(=O)N4CCOCC4)cc3)n2)c1C. The Morgan fingerprint density at radius 3 is 2.60 bits per heavy atom. The number of amides is 2. The van der Waals surface area contributed by atoms with Crippen molar-refractivity contribution in [2.24, 2.45) is 0 Å². The number of fused-ring (bicyclic) bond motifs is 1. The quantitative estimate of drug-likeness (QED) is 0.405. The van der Waals surface area contributed by atoms with Crippen molar-refractivity contribution in [3.63, 3.8) is 0 Å². The second kappa shape index (κ2) is 9.55. The van der Waals surface area contributed by atoms with E-state index >= 15 is 0 Å². The van der Waals surface area contributed by atoms with E-state index in [-0.39, 0.29) is 11.8 Å². The molecule has 5 rings (SSSR count). The third kappa shape index (κ3) is 4.71. The second-order valence-electron chi connectivity index (χ2n) is 8.42. The number of nitrogens with zero attached hydrogens (tertiary/aromatic N) is 3.